The maximum Gasteiger partial charge on any atom is 0.0476 e. The summed E-state index contributed by atoms with van der Waals surface area (Å²) in [5.74, 6) is -2.11. The van der Waals surface area contributed by atoms with Gasteiger partial charge in [-0.05, 0) is 32.1 Å². The third-order valence-corrected chi connectivity index (χ3v) is 3.07. The van der Waals surface area contributed by atoms with Crippen molar-refractivity contribution >= 4 is 11.9 Å². The van der Waals surface area contributed by atoms with Crippen molar-refractivity contribution < 1.29 is 19.8 Å². The normalized spacial score (nSPS) is 11.3. The van der Waals surface area contributed by atoms with Gasteiger partial charge in [-0.1, -0.05) is 20.3 Å². The molecule has 0 bridgehead atoms. The zero-order valence-corrected chi connectivity index (χ0v) is 9.38. The van der Waals surface area contributed by atoms with Crippen LogP contribution in [0.2, 0.25) is 0 Å². The van der Waals surface area contributed by atoms with Crippen LogP contribution in [0.5, 0.6) is 0 Å². The highest BCUT2D eigenvalue weighted by atomic mass is 16.4. The van der Waals surface area contributed by atoms with E-state index in [1.807, 2.05) is 13.8 Å². The van der Waals surface area contributed by atoms with Gasteiger partial charge in [-0.25, -0.2) is 0 Å². The highest BCUT2D eigenvalue weighted by Crippen LogP contribution is 2.32. The van der Waals surface area contributed by atoms with Gasteiger partial charge in [0.1, 0.15) is 0 Å². The number of carbonyl (C=O) groups is 2. The molecule has 0 aliphatic rings. The molecule has 0 rings (SSSR count). The summed E-state index contributed by atoms with van der Waals surface area (Å²) >= 11 is 0. The lowest BCUT2D eigenvalue weighted by atomic mass is 9.78. The van der Waals surface area contributed by atoms with Crippen molar-refractivity contribution in [3.8, 4) is 0 Å². The second-order valence-corrected chi connectivity index (χ2v) is 3.85. The van der Waals surface area contributed by atoms with Crippen molar-refractivity contribution in [1.82, 2.24) is 0 Å². The van der Waals surface area contributed by atoms with Crippen molar-refractivity contribution in [3.63, 3.8) is 0 Å². The highest BCUT2D eigenvalue weighted by Gasteiger charge is 2.26. The number of carboxylic acids is 2. The highest BCUT2D eigenvalue weighted by molar-refractivity contribution is 5.72. The van der Waals surface area contributed by atoms with E-state index in [1.54, 1.807) is 0 Å². The van der Waals surface area contributed by atoms with Crippen LogP contribution in [0.1, 0.15) is 52.4 Å². The van der Waals surface area contributed by atoms with E-state index in [2.05, 4.69) is 0 Å². The summed E-state index contributed by atoms with van der Waals surface area (Å²) in [6.07, 6.45) is 2.58. The molecule has 4 nitrogen and oxygen atoms in total. The molecular weight excluding hydrogens is 196 g/mol. The van der Waals surface area contributed by atoms with Gasteiger partial charge in [-0.15, -0.1) is 0 Å². The molecule has 0 unspecified atom stereocenters. The second-order valence-electron chi connectivity index (χ2n) is 3.85. The Morgan fingerprint density at radius 3 is 1.93 bits per heavy atom. The van der Waals surface area contributed by atoms with E-state index in [-0.39, 0.29) is 6.42 Å². The third-order valence-electron chi connectivity index (χ3n) is 3.07. The van der Waals surface area contributed by atoms with Gasteiger partial charge in [0.15, 0.2) is 0 Å². The van der Waals surface area contributed by atoms with Crippen LogP contribution >= 0.6 is 0 Å². The van der Waals surface area contributed by atoms with Crippen LogP contribution in [0.25, 0.3) is 0 Å². The van der Waals surface area contributed by atoms with Gasteiger partial charge < -0.3 is 19.8 Å². The Balaban J connectivity index is 4.07. The van der Waals surface area contributed by atoms with Gasteiger partial charge >= 0.3 is 0 Å². The van der Waals surface area contributed by atoms with E-state index in [1.165, 1.54) is 0 Å². The molecule has 0 atom stereocenters. The summed E-state index contributed by atoms with van der Waals surface area (Å²) in [4.78, 5) is 21.1. The van der Waals surface area contributed by atoms with E-state index in [0.29, 0.717) is 32.1 Å². The van der Waals surface area contributed by atoms with Gasteiger partial charge in [0.25, 0.3) is 0 Å². The Morgan fingerprint density at radius 1 is 1.07 bits per heavy atom. The summed E-state index contributed by atoms with van der Waals surface area (Å²) in [7, 11) is 0. The van der Waals surface area contributed by atoms with Gasteiger partial charge in [0.2, 0.25) is 0 Å². The summed E-state index contributed by atoms with van der Waals surface area (Å²) in [5, 5.41) is 21.1. The smallest absolute Gasteiger partial charge is 0.0476 e. The molecule has 0 saturated heterocycles. The summed E-state index contributed by atoms with van der Waals surface area (Å²) in [6, 6.07) is 0. The minimum Gasteiger partial charge on any atom is -0.550 e. The topological polar surface area (TPSA) is 80.3 Å². The van der Waals surface area contributed by atoms with Crippen LogP contribution in [0.15, 0.2) is 0 Å². The first-order valence-corrected chi connectivity index (χ1v) is 5.39. The number of carboxylic acid groups (broad SMARTS) is 2. The maximum atomic E-state index is 11.0. The standard InChI is InChI=1S/C11H20O4/c1-3-11(4-2,10(14)15)8-6-5-7-9(12)13/h3-8H2,1-2H3,(H,12,13)(H,14,15)/p-2. The molecule has 15 heavy (non-hydrogen) atoms. The Hall–Kier alpha value is -1.06. The number of carbonyl (C=O) groups excluding carboxylic acids is 2. The fourth-order valence-electron chi connectivity index (χ4n) is 1.73. The van der Waals surface area contributed by atoms with Crippen molar-refractivity contribution in [1.29, 1.82) is 0 Å². The third kappa shape index (κ3) is 4.32. The maximum absolute atomic E-state index is 11.0. The lowest BCUT2D eigenvalue weighted by Crippen LogP contribution is -2.41. The minimum absolute atomic E-state index is 0.00342. The molecular formula is C11H18O4-2. The average Bonchev–Trinajstić information content (AvgIpc) is 2.18. The Labute approximate surface area is 90.3 Å². The number of unbranched alkanes of at least 4 members (excludes halogenated alkanes) is 1. The lowest BCUT2D eigenvalue weighted by molar-refractivity contribution is -0.320. The van der Waals surface area contributed by atoms with Crippen LogP contribution in [-0.4, -0.2) is 11.9 Å². The SMILES string of the molecule is CCC(CC)(CCCCC(=O)[O-])C(=O)[O-]. The van der Waals surface area contributed by atoms with E-state index in [4.69, 9.17) is 0 Å². The van der Waals surface area contributed by atoms with E-state index >= 15 is 0 Å². The van der Waals surface area contributed by atoms with E-state index in [0.717, 1.165) is 0 Å². The molecule has 0 N–H and O–H groups in total. The van der Waals surface area contributed by atoms with Crippen LogP contribution < -0.4 is 10.2 Å². The Morgan fingerprint density at radius 2 is 1.60 bits per heavy atom. The molecule has 0 saturated carbocycles. The molecule has 0 fully saturated rings. The zero-order valence-electron chi connectivity index (χ0n) is 9.38. The Bertz CT molecular complexity index is 219. The summed E-state index contributed by atoms with van der Waals surface area (Å²) in [6.45, 7) is 3.64. The number of rotatable bonds is 8. The van der Waals surface area contributed by atoms with Crippen LogP contribution in [-0.2, 0) is 9.59 Å². The summed E-state index contributed by atoms with van der Waals surface area (Å²) in [5.41, 5.74) is -0.786. The monoisotopic (exact) mass is 214 g/mol. The van der Waals surface area contributed by atoms with Crippen molar-refractivity contribution in [2.24, 2.45) is 5.41 Å². The fourth-order valence-corrected chi connectivity index (χ4v) is 1.73. The molecule has 88 valence electrons. The van der Waals surface area contributed by atoms with Crippen LogP contribution in [0.3, 0.4) is 0 Å². The molecule has 0 aromatic carbocycles. The fraction of sp³-hybridized carbons (Fsp3) is 0.818. The summed E-state index contributed by atoms with van der Waals surface area (Å²) < 4.78 is 0. The van der Waals surface area contributed by atoms with Crippen molar-refractivity contribution in [2.75, 3.05) is 0 Å². The van der Waals surface area contributed by atoms with Crippen LogP contribution in [0.4, 0.5) is 0 Å². The van der Waals surface area contributed by atoms with Gasteiger partial charge in [-0.2, -0.15) is 0 Å². The van der Waals surface area contributed by atoms with Gasteiger partial charge in [0.05, 0.1) is 0 Å². The quantitative estimate of drug-likeness (QED) is 0.526. The molecule has 0 radical (unpaired) electrons. The predicted octanol–water partition coefficient (Wildman–Crippen LogP) is -0.147. The number of aliphatic carboxylic acids is 2. The molecule has 0 amide bonds. The van der Waals surface area contributed by atoms with E-state index < -0.39 is 17.4 Å². The van der Waals surface area contributed by atoms with Crippen molar-refractivity contribution in [3.05, 3.63) is 0 Å². The first-order chi connectivity index (χ1) is 6.98. The number of hydrogen-bond acceptors (Lipinski definition) is 4. The molecule has 0 aliphatic heterocycles. The van der Waals surface area contributed by atoms with Gasteiger partial charge in [-0.3, -0.25) is 0 Å². The molecule has 0 heterocycles. The minimum atomic E-state index is -1.08. The Kier molecular flexibility index (Phi) is 5.97. The lowest BCUT2D eigenvalue weighted by Gasteiger charge is -2.32. The molecule has 4 heteroatoms. The first kappa shape index (κ1) is 13.9. The molecule has 0 spiro atoms. The van der Waals surface area contributed by atoms with E-state index in [9.17, 15) is 19.8 Å². The zero-order chi connectivity index (χ0) is 11.9. The second kappa shape index (κ2) is 6.43. The largest absolute Gasteiger partial charge is 0.550 e. The van der Waals surface area contributed by atoms with Crippen molar-refractivity contribution in [2.45, 2.75) is 52.4 Å². The molecule has 0 aromatic rings. The molecule has 0 aliphatic carbocycles. The first-order valence-electron chi connectivity index (χ1n) is 5.39. The van der Waals surface area contributed by atoms with Crippen LogP contribution in [0, 0.1) is 5.41 Å². The van der Waals surface area contributed by atoms with Gasteiger partial charge in [0, 0.05) is 17.4 Å². The molecule has 0 aromatic heterocycles. The predicted molar refractivity (Wildman–Crippen MR) is 51.5 cm³/mol. The number of hydrogen-bond donors (Lipinski definition) is 0. The average molecular weight is 214 g/mol.